The zero-order valence-corrected chi connectivity index (χ0v) is 7.34. The molecule has 0 aliphatic rings. The number of alkyl halides is 3. The summed E-state index contributed by atoms with van der Waals surface area (Å²) in [6.45, 7) is 0. The molecule has 0 saturated carbocycles. The van der Waals surface area contributed by atoms with E-state index < -0.39 is 18.4 Å². The molecule has 1 aromatic carbocycles. The summed E-state index contributed by atoms with van der Waals surface area (Å²) in [7, 11) is 0. The van der Waals surface area contributed by atoms with E-state index in [0.717, 1.165) is 0 Å². The number of Topliss-reactive ketones (excluding diaryl/α,β-unsaturated/α-hetero) is 1. The summed E-state index contributed by atoms with van der Waals surface area (Å²) in [6.07, 6.45) is -5.89. The van der Waals surface area contributed by atoms with E-state index in [-0.39, 0.29) is 6.42 Å². The maximum atomic E-state index is 11.8. The van der Waals surface area contributed by atoms with Crippen LogP contribution in [0.5, 0.6) is 0 Å². The Balaban J connectivity index is 2.50. The maximum Gasteiger partial charge on any atom is 0.395 e. The summed E-state index contributed by atoms with van der Waals surface area (Å²) in [6, 6.07) is 8.40. The first-order valence-corrected chi connectivity index (χ1v) is 4.10. The Morgan fingerprint density at radius 3 is 2.21 bits per heavy atom. The first-order chi connectivity index (χ1) is 6.47. The summed E-state index contributed by atoms with van der Waals surface area (Å²) in [5, 5.41) is 0. The van der Waals surface area contributed by atoms with E-state index in [1.165, 1.54) is 0 Å². The van der Waals surface area contributed by atoms with E-state index in [1.807, 2.05) is 0 Å². The van der Waals surface area contributed by atoms with Gasteiger partial charge in [0.05, 0.1) is 0 Å². The molecular weight excluding hydrogens is 193 g/mol. The summed E-state index contributed by atoms with van der Waals surface area (Å²) in [5.41, 5.74) is 0.613. The number of halogens is 3. The fourth-order valence-electron chi connectivity index (χ4n) is 1.11. The molecule has 0 radical (unpaired) electrons. The van der Waals surface area contributed by atoms with Crippen molar-refractivity contribution in [1.29, 1.82) is 0 Å². The molecule has 14 heavy (non-hydrogen) atoms. The number of carbonyl (C=O) groups excluding carboxylic acids is 1. The molecule has 1 aromatic rings. The quantitative estimate of drug-likeness (QED) is 0.736. The standard InChI is InChI=1S/C10H9F3O/c11-10(12,13)7-9(14)6-8-4-2-1-3-5-8/h1-5H,6-7H2. The van der Waals surface area contributed by atoms with Gasteiger partial charge in [-0.2, -0.15) is 13.2 Å². The average Bonchev–Trinajstić information content (AvgIpc) is 2.02. The third-order valence-electron chi connectivity index (χ3n) is 1.64. The second kappa shape index (κ2) is 4.26. The maximum absolute atomic E-state index is 11.8. The van der Waals surface area contributed by atoms with Gasteiger partial charge in [0, 0.05) is 6.42 Å². The predicted octanol–water partition coefficient (Wildman–Crippen LogP) is 2.75. The normalized spacial score (nSPS) is 11.4. The van der Waals surface area contributed by atoms with Crippen LogP contribution in [0.15, 0.2) is 30.3 Å². The Morgan fingerprint density at radius 2 is 1.71 bits per heavy atom. The summed E-state index contributed by atoms with van der Waals surface area (Å²) < 4.78 is 35.4. The van der Waals surface area contributed by atoms with Crippen molar-refractivity contribution in [2.45, 2.75) is 19.0 Å². The van der Waals surface area contributed by atoms with Crippen LogP contribution in [0.4, 0.5) is 13.2 Å². The average molecular weight is 202 g/mol. The van der Waals surface area contributed by atoms with Gasteiger partial charge in [0.15, 0.2) is 0 Å². The number of carbonyl (C=O) groups is 1. The molecule has 0 aromatic heterocycles. The summed E-state index contributed by atoms with van der Waals surface area (Å²) in [5.74, 6) is -0.802. The van der Waals surface area contributed by atoms with Crippen LogP contribution in [0.25, 0.3) is 0 Å². The molecule has 0 fully saturated rings. The molecule has 1 nitrogen and oxygen atoms in total. The highest BCUT2D eigenvalue weighted by atomic mass is 19.4. The molecule has 0 atom stereocenters. The molecule has 0 amide bonds. The van der Waals surface area contributed by atoms with Gasteiger partial charge in [0.2, 0.25) is 0 Å². The van der Waals surface area contributed by atoms with Gasteiger partial charge in [-0.3, -0.25) is 4.79 Å². The number of rotatable bonds is 3. The van der Waals surface area contributed by atoms with Crippen LogP contribution in [0.1, 0.15) is 12.0 Å². The van der Waals surface area contributed by atoms with E-state index >= 15 is 0 Å². The van der Waals surface area contributed by atoms with Crippen molar-refractivity contribution in [3.05, 3.63) is 35.9 Å². The van der Waals surface area contributed by atoms with Crippen LogP contribution in [0, 0.1) is 0 Å². The number of benzene rings is 1. The number of hydrogen-bond donors (Lipinski definition) is 0. The SMILES string of the molecule is O=C(Cc1ccccc1)CC(F)(F)F. The minimum atomic E-state index is -4.40. The molecule has 4 heteroatoms. The molecular formula is C10H9F3O. The van der Waals surface area contributed by atoms with Gasteiger partial charge in [-0.25, -0.2) is 0 Å². The Morgan fingerprint density at radius 1 is 1.14 bits per heavy atom. The van der Waals surface area contributed by atoms with Crippen molar-refractivity contribution in [1.82, 2.24) is 0 Å². The molecule has 76 valence electrons. The number of hydrogen-bond acceptors (Lipinski definition) is 1. The fourth-order valence-corrected chi connectivity index (χ4v) is 1.11. The van der Waals surface area contributed by atoms with Crippen LogP contribution >= 0.6 is 0 Å². The largest absolute Gasteiger partial charge is 0.395 e. The summed E-state index contributed by atoms with van der Waals surface area (Å²) >= 11 is 0. The highest BCUT2D eigenvalue weighted by molar-refractivity contribution is 5.81. The molecule has 0 heterocycles. The van der Waals surface area contributed by atoms with Crippen molar-refractivity contribution in [2.24, 2.45) is 0 Å². The van der Waals surface area contributed by atoms with Gasteiger partial charge < -0.3 is 0 Å². The Kier molecular flexibility index (Phi) is 3.28. The first-order valence-electron chi connectivity index (χ1n) is 4.10. The van der Waals surface area contributed by atoms with Crippen molar-refractivity contribution < 1.29 is 18.0 Å². The predicted molar refractivity (Wildman–Crippen MR) is 45.8 cm³/mol. The lowest BCUT2D eigenvalue weighted by Crippen LogP contribution is -2.16. The minimum Gasteiger partial charge on any atom is -0.299 e. The van der Waals surface area contributed by atoms with E-state index in [9.17, 15) is 18.0 Å². The fraction of sp³-hybridized carbons (Fsp3) is 0.300. The zero-order chi connectivity index (χ0) is 10.6. The molecule has 0 spiro atoms. The van der Waals surface area contributed by atoms with Crippen LogP contribution in [0.3, 0.4) is 0 Å². The van der Waals surface area contributed by atoms with Crippen LogP contribution in [0.2, 0.25) is 0 Å². The van der Waals surface area contributed by atoms with Crippen LogP contribution in [-0.2, 0) is 11.2 Å². The van der Waals surface area contributed by atoms with Crippen molar-refractivity contribution in [3.63, 3.8) is 0 Å². The Hall–Kier alpha value is -1.32. The molecule has 0 aliphatic heterocycles. The lowest BCUT2D eigenvalue weighted by molar-refractivity contribution is -0.151. The lowest BCUT2D eigenvalue weighted by Gasteiger charge is -2.04. The van der Waals surface area contributed by atoms with Crippen molar-refractivity contribution >= 4 is 5.78 Å². The van der Waals surface area contributed by atoms with Gasteiger partial charge in [-0.15, -0.1) is 0 Å². The lowest BCUT2D eigenvalue weighted by atomic mass is 10.1. The zero-order valence-electron chi connectivity index (χ0n) is 7.34. The second-order valence-corrected chi connectivity index (χ2v) is 2.99. The Bertz CT molecular complexity index is 303. The Labute approximate surface area is 79.5 Å². The van der Waals surface area contributed by atoms with Crippen LogP contribution in [-0.4, -0.2) is 12.0 Å². The highest BCUT2D eigenvalue weighted by Crippen LogP contribution is 2.20. The first kappa shape index (κ1) is 10.8. The molecule has 0 bridgehead atoms. The third kappa shape index (κ3) is 4.07. The highest BCUT2D eigenvalue weighted by Gasteiger charge is 2.30. The van der Waals surface area contributed by atoms with Gasteiger partial charge in [0.25, 0.3) is 0 Å². The van der Waals surface area contributed by atoms with E-state index in [4.69, 9.17) is 0 Å². The molecule has 0 N–H and O–H groups in total. The van der Waals surface area contributed by atoms with E-state index in [1.54, 1.807) is 30.3 Å². The smallest absolute Gasteiger partial charge is 0.299 e. The van der Waals surface area contributed by atoms with Gasteiger partial charge in [-0.05, 0) is 5.56 Å². The monoisotopic (exact) mass is 202 g/mol. The second-order valence-electron chi connectivity index (χ2n) is 2.99. The topological polar surface area (TPSA) is 17.1 Å². The number of ketones is 1. The van der Waals surface area contributed by atoms with Gasteiger partial charge in [-0.1, -0.05) is 30.3 Å². The third-order valence-corrected chi connectivity index (χ3v) is 1.64. The van der Waals surface area contributed by atoms with E-state index in [0.29, 0.717) is 5.56 Å². The van der Waals surface area contributed by atoms with E-state index in [2.05, 4.69) is 0 Å². The molecule has 1 rings (SSSR count). The molecule has 0 aliphatic carbocycles. The van der Waals surface area contributed by atoms with Crippen LogP contribution < -0.4 is 0 Å². The minimum absolute atomic E-state index is 0.152. The van der Waals surface area contributed by atoms with Gasteiger partial charge >= 0.3 is 6.18 Å². The van der Waals surface area contributed by atoms with Crippen molar-refractivity contribution in [3.8, 4) is 0 Å². The molecule has 0 unspecified atom stereocenters. The molecule has 0 saturated heterocycles. The van der Waals surface area contributed by atoms with Gasteiger partial charge in [0.1, 0.15) is 12.2 Å². The summed E-state index contributed by atoms with van der Waals surface area (Å²) in [4.78, 5) is 10.9. The van der Waals surface area contributed by atoms with Crippen molar-refractivity contribution in [2.75, 3.05) is 0 Å².